The molecule has 31 nitrogen and oxygen atoms in total. The molecule has 0 spiro atoms. The number of unbranched alkanes of at least 4 members (excludes halogenated alkanes) is 4. The van der Waals surface area contributed by atoms with Crippen LogP contribution in [0.5, 0.6) is 11.5 Å². The Morgan fingerprint density at radius 1 is 0.400 bits per heavy atom. The fourth-order valence-electron chi connectivity index (χ4n) is 12.8. The number of benzene rings is 2. The number of hydrogen-bond acceptors (Lipinski definition) is 19. The van der Waals surface area contributed by atoms with Crippen LogP contribution < -0.4 is 76.5 Å². The first kappa shape index (κ1) is 88.9. The van der Waals surface area contributed by atoms with Gasteiger partial charge in [-0.3, -0.25) is 52.7 Å². The van der Waals surface area contributed by atoms with Crippen molar-refractivity contribution in [3.8, 4) is 11.5 Å². The molecule has 22 N–H and O–H groups in total. The minimum atomic E-state index is -1.38. The van der Waals surface area contributed by atoms with Crippen LogP contribution in [0.15, 0.2) is 48.5 Å². The Balaban J connectivity index is 1.61. The van der Waals surface area contributed by atoms with Crippen molar-refractivity contribution < 1.29 is 72.9 Å². The fourth-order valence-corrected chi connectivity index (χ4v) is 12.8. The molecule has 0 bridgehead atoms. The average molecular weight is 1480 g/mol. The van der Waals surface area contributed by atoms with E-state index < -0.39 is 149 Å². The molecule has 588 valence electrons. The Morgan fingerprint density at radius 3 is 1.07 bits per heavy atom. The van der Waals surface area contributed by atoms with Gasteiger partial charge in [-0.2, -0.15) is 0 Å². The first-order valence-corrected chi connectivity index (χ1v) is 37.5. The number of rotatable bonds is 47. The van der Waals surface area contributed by atoms with E-state index in [2.05, 4.69) is 47.9 Å². The zero-order valence-corrected chi connectivity index (χ0v) is 62.8. The van der Waals surface area contributed by atoms with Crippen molar-refractivity contribution >= 4 is 70.9 Å². The molecule has 12 atom stereocenters. The number of hydrogen-bond donors (Lipinski definition) is 17. The molecule has 2 fully saturated rings. The number of carbonyl (C=O) groups is 12. The van der Waals surface area contributed by atoms with E-state index in [0.29, 0.717) is 81.9 Å². The Bertz CT molecular complexity index is 3140. The smallest absolute Gasteiger partial charge is 0.326 e. The van der Waals surface area contributed by atoms with Crippen molar-refractivity contribution in [3.63, 3.8) is 0 Å². The van der Waals surface area contributed by atoms with Crippen molar-refractivity contribution in [3.05, 3.63) is 59.7 Å². The van der Waals surface area contributed by atoms with Crippen molar-refractivity contribution in [1.82, 2.24) is 57.7 Å². The molecule has 0 radical (unpaired) electrons. The van der Waals surface area contributed by atoms with E-state index in [1.54, 1.807) is 52.0 Å². The molecule has 4 rings (SSSR count). The summed E-state index contributed by atoms with van der Waals surface area (Å²) >= 11 is 0. The molecule has 2 aromatic rings. The van der Waals surface area contributed by atoms with Crippen LogP contribution in [-0.2, 0) is 70.4 Å². The Hall–Kier alpha value is -8.52. The van der Waals surface area contributed by atoms with Gasteiger partial charge in [0.15, 0.2) is 0 Å². The normalized spacial score (nSPS) is 17.3. The summed E-state index contributed by atoms with van der Waals surface area (Å²) in [6.07, 6.45) is 4.94. The topological polar surface area (TPSA) is 510 Å². The number of likely N-dealkylation sites (tertiary alicyclic amines) is 2. The average Bonchev–Trinajstić information content (AvgIpc) is 1.74. The second kappa shape index (κ2) is 45.8. The highest BCUT2D eigenvalue weighted by Crippen LogP contribution is 2.24. The number of carbonyl (C=O) groups excluding carboxylic acids is 11. The second-order valence-electron chi connectivity index (χ2n) is 29.3. The molecule has 2 heterocycles. The third-order valence-corrected chi connectivity index (χ3v) is 18.9. The first-order valence-electron chi connectivity index (χ1n) is 37.5. The highest BCUT2D eigenvalue weighted by atomic mass is 16.4. The Morgan fingerprint density at radius 2 is 0.714 bits per heavy atom. The summed E-state index contributed by atoms with van der Waals surface area (Å²) in [6, 6.07) is -2.63. The number of carboxylic acid groups (broad SMARTS) is 1. The summed E-state index contributed by atoms with van der Waals surface area (Å²) in [6.45, 7) is 15.5. The lowest BCUT2D eigenvalue weighted by molar-refractivity contribution is -0.149. The van der Waals surface area contributed by atoms with Gasteiger partial charge in [0.05, 0.1) is 6.04 Å². The fraction of sp³-hybridized carbons (Fsp3) is 0.676. The number of nitrogens with zero attached hydrogens (tertiary/aromatic N) is 2. The number of amides is 11. The van der Waals surface area contributed by atoms with Gasteiger partial charge in [-0.15, -0.1) is 0 Å². The highest BCUT2D eigenvalue weighted by Gasteiger charge is 2.43. The summed E-state index contributed by atoms with van der Waals surface area (Å²) < 4.78 is 0. The van der Waals surface area contributed by atoms with Gasteiger partial charge in [0, 0.05) is 25.9 Å². The van der Waals surface area contributed by atoms with Crippen molar-refractivity contribution in [1.29, 1.82) is 0 Å². The molecule has 105 heavy (non-hydrogen) atoms. The zero-order valence-electron chi connectivity index (χ0n) is 62.8. The first-order chi connectivity index (χ1) is 49.8. The van der Waals surface area contributed by atoms with Crippen LogP contribution in [0.3, 0.4) is 0 Å². The molecule has 0 aromatic heterocycles. The quantitative estimate of drug-likeness (QED) is 0.0403. The zero-order chi connectivity index (χ0) is 78.0. The largest absolute Gasteiger partial charge is 0.508 e. The van der Waals surface area contributed by atoms with Gasteiger partial charge in [0.1, 0.15) is 78.0 Å². The lowest BCUT2D eigenvalue weighted by Crippen LogP contribution is -2.61. The van der Waals surface area contributed by atoms with Gasteiger partial charge in [0.25, 0.3) is 0 Å². The molecule has 2 aromatic carbocycles. The number of nitrogens with two attached hydrogens (primary N) is 5. The van der Waals surface area contributed by atoms with Gasteiger partial charge >= 0.3 is 5.97 Å². The third kappa shape index (κ3) is 29.7. The van der Waals surface area contributed by atoms with Gasteiger partial charge in [-0.25, -0.2) is 4.79 Å². The van der Waals surface area contributed by atoms with E-state index in [4.69, 9.17) is 28.7 Å². The molecule has 0 unspecified atom stereocenters. The number of aliphatic carboxylic acids is 1. The van der Waals surface area contributed by atoms with Gasteiger partial charge in [0.2, 0.25) is 65.0 Å². The predicted octanol–water partition coefficient (Wildman–Crippen LogP) is 0.560. The maximum absolute atomic E-state index is 15.2. The molecular formula is C74H122N16O15. The van der Waals surface area contributed by atoms with Crippen LogP contribution in [0, 0.1) is 23.7 Å². The molecule has 2 saturated heterocycles. The van der Waals surface area contributed by atoms with Crippen LogP contribution in [0.1, 0.15) is 182 Å². The molecule has 2 aliphatic rings. The van der Waals surface area contributed by atoms with Gasteiger partial charge in [-0.1, -0.05) is 79.7 Å². The molecule has 11 amide bonds. The molecule has 2 aliphatic heterocycles. The predicted molar refractivity (Wildman–Crippen MR) is 396 cm³/mol. The lowest BCUT2D eigenvalue weighted by atomic mass is 9.99. The van der Waals surface area contributed by atoms with E-state index in [-0.39, 0.29) is 126 Å². The van der Waals surface area contributed by atoms with Crippen LogP contribution in [0.4, 0.5) is 0 Å². The third-order valence-electron chi connectivity index (χ3n) is 18.9. The number of phenols is 2. The number of nitrogens with one attached hydrogen (secondary N) is 9. The minimum Gasteiger partial charge on any atom is -0.508 e. The van der Waals surface area contributed by atoms with E-state index in [0.717, 1.165) is 0 Å². The van der Waals surface area contributed by atoms with Crippen LogP contribution in [-0.4, -0.2) is 208 Å². The monoisotopic (exact) mass is 1470 g/mol. The van der Waals surface area contributed by atoms with E-state index >= 15 is 4.79 Å². The molecular weight excluding hydrogens is 1350 g/mol. The molecule has 0 aliphatic carbocycles. The molecule has 31 heteroatoms. The van der Waals surface area contributed by atoms with Crippen molar-refractivity contribution in [2.75, 3.05) is 39.3 Å². The van der Waals surface area contributed by atoms with Crippen LogP contribution in [0.25, 0.3) is 0 Å². The summed E-state index contributed by atoms with van der Waals surface area (Å²) in [5, 5.41) is 55.4. The number of aromatic hydroxyl groups is 2. The van der Waals surface area contributed by atoms with Crippen molar-refractivity contribution in [2.24, 2.45) is 52.3 Å². The van der Waals surface area contributed by atoms with Crippen LogP contribution in [0.2, 0.25) is 0 Å². The van der Waals surface area contributed by atoms with E-state index in [1.165, 1.54) is 34.1 Å². The van der Waals surface area contributed by atoms with Crippen LogP contribution >= 0.6 is 0 Å². The Kier molecular flexibility index (Phi) is 38.7. The summed E-state index contributed by atoms with van der Waals surface area (Å²) in [7, 11) is 0. The van der Waals surface area contributed by atoms with E-state index in [9.17, 15) is 68.1 Å². The maximum Gasteiger partial charge on any atom is 0.326 e. The number of carboxylic acids is 1. The maximum atomic E-state index is 15.2. The highest BCUT2D eigenvalue weighted by molar-refractivity contribution is 6.00. The lowest BCUT2D eigenvalue weighted by Gasteiger charge is -2.32. The Labute approximate surface area is 618 Å². The summed E-state index contributed by atoms with van der Waals surface area (Å²) in [5.41, 5.74) is 30.6. The molecule has 0 saturated carbocycles. The van der Waals surface area contributed by atoms with E-state index in [1.807, 2.05) is 27.7 Å². The van der Waals surface area contributed by atoms with Gasteiger partial charge < -0.3 is 102 Å². The summed E-state index contributed by atoms with van der Waals surface area (Å²) in [4.78, 5) is 174. The SMILES string of the molecule is CC(C)C[C@H](NC(=O)[C@H](CCCCN)NC(=O)[C@@H](N)C(C)C)C(=O)N[C@@H](CCCCN)C(=O)N[C@H](Cc1ccc(O)cc1)C(=O)N1CCC[C@H]1C(=O)N[C@@H](CCCCN)C(=O)N[C@H](C(=O)N[C@@H](CCCCN)C(=O)N[C@@H](CC(C)C)C(=O)N[C@H](Cc1ccc(O)cc1)C(=O)N1CCC[C@H]1C(=O)O)C(C)C. The van der Waals surface area contributed by atoms with Crippen molar-refractivity contribution in [2.45, 2.75) is 256 Å². The minimum absolute atomic E-state index is 0.0347. The van der Waals surface area contributed by atoms with Gasteiger partial charge in [-0.05, 0) is 201 Å². The number of phenolic OH excluding ortho intramolecular Hbond substituents is 2. The summed E-state index contributed by atoms with van der Waals surface area (Å²) in [5.74, 6) is -10.2. The second-order valence-corrected chi connectivity index (χ2v) is 29.3. The standard InChI is InChI=1S/C74H122N16O15/c1-43(2)39-55(84-63(93)52(20-10-14-34-76)82-70(100)61(79)45(5)6)67(97)80-51(19-9-13-33-75)65(95)86-57(41-47-25-29-49(91)30-26-47)72(102)89-37-17-23-59(89)69(99)81-54(22-12-16-36-78)66(96)88-62(46(7)8)71(101)83-53(21-11-15-35-77)64(94)85-56(40-44(3)4)68(98)87-58(42-48-27-31-50(92)32-28-48)73(103)90-38-18-24-60(90)74(104)105/h25-32,43-46,51-62,91-92H,9-24,33-42,75-79H2,1-8H3,(H,80,97)(H,81,99)(H,82,100)(H,83,101)(H,84,93)(H,85,94)(H,86,95)(H,87,98)(H,88,96)(H,104,105)/t51-,52-,53-,54-,55-,56-,57+,58+,59-,60-,61-,62-/m0/s1.